The molecule has 1 aromatic carbocycles. The highest BCUT2D eigenvalue weighted by Crippen LogP contribution is 2.24. The molecule has 0 fully saturated rings. The van der Waals surface area contributed by atoms with E-state index in [2.05, 4.69) is 30.6 Å². The Morgan fingerprint density at radius 2 is 1.85 bits per heavy atom. The average molecular weight is 446 g/mol. The fourth-order valence-corrected chi connectivity index (χ4v) is 3.01. The predicted octanol–water partition coefficient (Wildman–Crippen LogP) is 2.85. The van der Waals surface area contributed by atoms with Crippen molar-refractivity contribution in [3.05, 3.63) is 83.2 Å². The predicted molar refractivity (Wildman–Crippen MR) is 119 cm³/mol. The zero-order chi connectivity index (χ0) is 23.2. The van der Waals surface area contributed by atoms with Crippen LogP contribution in [-0.4, -0.2) is 53.6 Å². The summed E-state index contributed by atoms with van der Waals surface area (Å²) in [4.78, 5) is 38.3. The second-order valence-corrected chi connectivity index (χ2v) is 6.79. The normalized spacial score (nSPS) is 10.5. The van der Waals surface area contributed by atoms with Gasteiger partial charge in [0.2, 0.25) is 5.95 Å². The molecule has 3 N–H and O–H groups in total. The van der Waals surface area contributed by atoms with Crippen LogP contribution in [0.4, 0.5) is 17.5 Å². The molecule has 12 nitrogen and oxygen atoms in total. The number of nitro groups is 1. The highest BCUT2D eigenvalue weighted by molar-refractivity contribution is 5.94. The van der Waals surface area contributed by atoms with E-state index in [1.807, 2.05) is 22.9 Å². The summed E-state index contributed by atoms with van der Waals surface area (Å²) in [6.45, 7) is 0.841. The first-order valence-corrected chi connectivity index (χ1v) is 9.78. The molecule has 4 rings (SSSR count). The molecular weight excluding hydrogens is 428 g/mol. The third kappa shape index (κ3) is 5.07. The van der Waals surface area contributed by atoms with E-state index in [0.29, 0.717) is 30.2 Å². The molecule has 33 heavy (non-hydrogen) atoms. The van der Waals surface area contributed by atoms with Crippen LogP contribution in [0.3, 0.4) is 0 Å². The van der Waals surface area contributed by atoms with Gasteiger partial charge in [-0.2, -0.15) is 0 Å². The molecule has 0 aliphatic heterocycles. The Bertz CT molecular complexity index is 1260. The number of imidazole rings is 1. The van der Waals surface area contributed by atoms with Gasteiger partial charge in [-0.1, -0.05) is 12.1 Å². The molecule has 3 heterocycles. The van der Waals surface area contributed by atoms with E-state index in [1.54, 1.807) is 24.7 Å². The third-order valence-electron chi connectivity index (χ3n) is 4.64. The summed E-state index contributed by atoms with van der Waals surface area (Å²) < 4.78 is 1.83. The summed E-state index contributed by atoms with van der Waals surface area (Å²) >= 11 is 0. The van der Waals surface area contributed by atoms with Gasteiger partial charge in [0.15, 0.2) is 0 Å². The van der Waals surface area contributed by atoms with Crippen molar-refractivity contribution in [2.24, 2.45) is 0 Å². The maximum absolute atomic E-state index is 11.7. The number of anilines is 2. The van der Waals surface area contributed by atoms with Crippen LogP contribution >= 0.6 is 0 Å². The lowest BCUT2D eigenvalue weighted by Gasteiger charge is -2.11. The number of aromatic carboxylic acids is 1. The van der Waals surface area contributed by atoms with Gasteiger partial charge in [0.25, 0.3) is 5.69 Å². The number of benzene rings is 1. The number of hydrogen-bond acceptors (Lipinski definition) is 9. The molecule has 0 saturated carbocycles. The Hall–Kier alpha value is -4.87. The van der Waals surface area contributed by atoms with Crippen molar-refractivity contribution in [3.63, 3.8) is 0 Å². The first-order valence-electron chi connectivity index (χ1n) is 9.78. The molecule has 12 heteroatoms. The summed E-state index contributed by atoms with van der Waals surface area (Å²) in [5.41, 5.74) is 1.71. The third-order valence-corrected chi connectivity index (χ3v) is 4.64. The Kier molecular flexibility index (Phi) is 6.16. The number of nitrogens with one attached hydrogen (secondary N) is 2. The fourth-order valence-electron chi connectivity index (χ4n) is 3.01. The zero-order valence-corrected chi connectivity index (χ0v) is 17.1. The molecule has 0 bridgehead atoms. The first-order chi connectivity index (χ1) is 16.0. The molecule has 0 aliphatic rings. The fraction of sp³-hybridized carbons (Fsp3) is 0.0952. The van der Waals surface area contributed by atoms with Gasteiger partial charge >= 0.3 is 5.97 Å². The molecule has 4 aromatic rings. The lowest BCUT2D eigenvalue weighted by Crippen LogP contribution is -2.16. The Balaban J connectivity index is 1.43. The number of carboxylic acid groups (broad SMARTS) is 1. The quantitative estimate of drug-likeness (QED) is 0.198. The monoisotopic (exact) mass is 446 g/mol. The number of hydrogen-bond donors (Lipinski definition) is 3. The van der Waals surface area contributed by atoms with Crippen molar-refractivity contribution in [1.29, 1.82) is 0 Å². The van der Waals surface area contributed by atoms with Crippen molar-refractivity contribution in [2.75, 3.05) is 23.7 Å². The number of pyridine rings is 1. The summed E-state index contributed by atoms with van der Waals surface area (Å²) in [6.07, 6.45) is 7.59. The van der Waals surface area contributed by atoms with Crippen molar-refractivity contribution in [2.45, 2.75) is 0 Å². The molecule has 0 saturated heterocycles. The molecule has 0 unspecified atom stereocenters. The summed E-state index contributed by atoms with van der Waals surface area (Å²) in [6, 6.07) is 10.1. The van der Waals surface area contributed by atoms with Crippen LogP contribution in [0.25, 0.3) is 16.9 Å². The number of carboxylic acids is 1. The van der Waals surface area contributed by atoms with Crippen molar-refractivity contribution in [3.8, 4) is 16.9 Å². The van der Waals surface area contributed by atoms with Gasteiger partial charge in [0.05, 0.1) is 16.9 Å². The van der Waals surface area contributed by atoms with E-state index in [4.69, 9.17) is 0 Å². The van der Waals surface area contributed by atoms with Crippen LogP contribution in [0.2, 0.25) is 0 Å². The van der Waals surface area contributed by atoms with Crippen molar-refractivity contribution in [1.82, 2.24) is 24.5 Å². The molecule has 0 radical (unpaired) electrons. The van der Waals surface area contributed by atoms with Crippen LogP contribution in [0, 0.1) is 10.1 Å². The van der Waals surface area contributed by atoms with Gasteiger partial charge in [0.1, 0.15) is 17.6 Å². The largest absolute Gasteiger partial charge is 0.478 e. The molecule has 0 aliphatic carbocycles. The topological polar surface area (TPSA) is 161 Å². The van der Waals surface area contributed by atoms with Gasteiger partial charge in [0, 0.05) is 49.0 Å². The molecule has 0 spiro atoms. The van der Waals surface area contributed by atoms with Crippen LogP contribution < -0.4 is 10.6 Å². The minimum absolute atomic E-state index is 0.0101. The standard InChI is InChI=1S/C21H18N8O4/c30-20(31)17-12-26-21(24-8-7-23-18-6-5-16(11-25-18)29(32)33)27-19(17)14-1-3-15(4-2-14)28-10-9-22-13-28/h1-6,9-13H,7-8H2,(H,23,25)(H,30,31)(H,24,26,27). The van der Waals surface area contributed by atoms with Gasteiger partial charge in [-0.25, -0.2) is 24.7 Å². The highest BCUT2D eigenvalue weighted by Gasteiger charge is 2.15. The van der Waals surface area contributed by atoms with Gasteiger partial charge < -0.3 is 20.3 Å². The van der Waals surface area contributed by atoms with E-state index >= 15 is 0 Å². The van der Waals surface area contributed by atoms with Crippen molar-refractivity contribution < 1.29 is 14.8 Å². The average Bonchev–Trinajstić information content (AvgIpc) is 3.37. The SMILES string of the molecule is O=C(O)c1cnc(NCCNc2ccc([N+](=O)[O-])cn2)nc1-c1ccc(-n2ccnc2)cc1. The Morgan fingerprint density at radius 1 is 1.06 bits per heavy atom. The van der Waals surface area contributed by atoms with E-state index < -0.39 is 10.9 Å². The van der Waals surface area contributed by atoms with E-state index in [-0.39, 0.29) is 17.2 Å². The zero-order valence-electron chi connectivity index (χ0n) is 17.1. The van der Waals surface area contributed by atoms with Crippen LogP contribution in [0.1, 0.15) is 10.4 Å². The summed E-state index contributed by atoms with van der Waals surface area (Å²) in [5.74, 6) is -0.364. The maximum atomic E-state index is 11.7. The second-order valence-electron chi connectivity index (χ2n) is 6.79. The van der Waals surface area contributed by atoms with Gasteiger partial charge in [-0.3, -0.25) is 10.1 Å². The number of carbonyl (C=O) groups is 1. The lowest BCUT2D eigenvalue weighted by atomic mass is 10.1. The van der Waals surface area contributed by atoms with E-state index in [9.17, 15) is 20.0 Å². The van der Waals surface area contributed by atoms with Crippen LogP contribution in [0.15, 0.2) is 67.5 Å². The van der Waals surface area contributed by atoms with E-state index in [0.717, 1.165) is 5.69 Å². The maximum Gasteiger partial charge on any atom is 0.339 e. The number of nitrogens with zero attached hydrogens (tertiary/aromatic N) is 6. The summed E-state index contributed by atoms with van der Waals surface area (Å²) in [7, 11) is 0. The molecular formula is C21H18N8O4. The molecule has 0 atom stereocenters. The highest BCUT2D eigenvalue weighted by atomic mass is 16.6. The molecule has 3 aromatic heterocycles. The van der Waals surface area contributed by atoms with Gasteiger partial charge in [-0.15, -0.1) is 0 Å². The number of rotatable bonds is 9. The minimum atomic E-state index is -1.12. The molecule has 166 valence electrons. The van der Waals surface area contributed by atoms with Crippen LogP contribution in [-0.2, 0) is 0 Å². The Labute approximate surface area is 187 Å². The number of aromatic nitrogens is 5. The Morgan fingerprint density at radius 3 is 2.48 bits per heavy atom. The minimum Gasteiger partial charge on any atom is -0.478 e. The second kappa shape index (κ2) is 9.51. The van der Waals surface area contributed by atoms with Crippen LogP contribution in [0.5, 0.6) is 0 Å². The van der Waals surface area contributed by atoms with Gasteiger partial charge in [-0.05, 0) is 18.2 Å². The van der Waals surface area contributed by atoms with E-state index in [1.165, 1.54) is 24.5 Å². The molecule has 0 amide bonds. The first kappa shape index (κ1) is 21.4. The summed E-state index contributed by atoms with van der Waals surface area (Å²) in [5, 5.41) is 26.3. The smallest absolute Gasteiger partial charge is 0.339 e. The lowest BCUT2D eigenvalue weighted by molar-refractivity contribution is -0.385. The van der Waals surface area contributed by atoms with Crippen molar-refractivity contribution >= 4 is 23.4 Å².